The van der Waals surface area contributed by atoms with Gasteiger partial charge in [-0.15, -0.1) is 0 Å². The number of carbonyl (C=O) groups is 1. The topological polar surface area (TPSA) is 66.8 Å². The molecular weight excluding hydrogens is 388 g/mol. The zero-order valence-electron chi connectivity index (χ0n) is 20.0. The van der Waals surface area contributed by atoms with Gasteiger partial charge in [-0.1, -0.05) is 30.2 Å². The Labute approximate surface area is 188 Å². The zero-order chi connectivity index (χ0) is 23.0. The van der Waals surface area contributed by atoms with Crippen molar-refractivity contribution in [1.29, 1.82) is 0 Å². The summed E-state index contributed by atoms with van der Waals surface area (Å²) < 4.78 is 6.38. The second kappa shape index (κ2) is 11.4. The molecule has 172 valence electrons. The fraction of sp³-hybridized carbons (Fsp3) is 0.593. The molecule has 2 rings (SSSR count). The first-order valence-electron chi connectivity index (χ1n) is 11.7. The van der Waals surface area contributed by atoms with E-state index < -0.39 is 5.97 Å². The van der Waals surface area contributed by atoms with E-state index >= 15 is 0 Å². The molecule has 0 fully saturated rings. The quantitative estimate of drug-likeness (QED) is 0.368. The molecule has 0 aromatic heterocycles. The van der Waals surface area contributed by atoms with Crippen molar-refractivity contribution in [2.24, 2.45) is 5.92 Å². The Hall–Kier alpha value is -2.23. The molecule has 0 amide bonds. The first-order valence-corrected chi connectivity index (χ1v) is 11.7. The minimum absolute atomic E-state index is 0.158. The predicted molar refractivity (Wildman–Crippen MR) is 127 cm³/mol. The van der Waals surface area contributed by atoms with Crippen LogP contribution < -0.4 is 4.74 Å². The maximum atomic E-state index is 10.9. The van der Waals surface area contributed by atoms with E-state index in [2.05, 4.69) is 32.9 Å². The Morgan fingerprint density at radius 3 is 2.58 bits per heavy atom. The van der Waals surface area contributed by atoms with Crippen molar-refractivity contribution < 1.29 is 19.7 Å². The number of phenols is 1. The number of aliphatic carboxylic acids is 1. The molecule has 1 aromatic carbocycles. The highest BCUT2D eigenvalue weighted by Crippen LogP contribution is 2.39. The largest absolute Gasteiger partial charge is 0.508 e. The Balaban J connectivity index is 1.74. The van der Waals surface area contributed by atoms with E-state index in [0.717, 1.165) is 74.7 Å². The van der Waals surface area contributed by atoms with Crippen LogP contribution >= 0.6 is 0 Å². The van der Waals surface area contributed by atoms with Gasteiger partial charge in [0.25, 0.3) is 0 Å². The van der Waals surface area contributed by atoms with Gasteiger partial charge in [0, 0.05) is 0 Å². The smallest absolute Gasteiger partial charge is 0.306 e. The van der Waals surface area contributed by atoms with E-state index in [1.807, 2.05) is 13.0 Å². The zero-order valence-corrected chi connectivity index (χ0v) is 20.0. The molecule has 1 aliphatic rings. The van der Waals surface area contributed by atoms with Crippen molar-refractivity contribution >= 4 is 5.97 Å². The number of phenolic OH excluding ortho intramolecular Hbond substituents is 1. The van der Waals surface area contributed by atoms with E-state index in [1.54, 1.807) is 13.0 Å². The summed E-state index contributed by atoms with van der Waals surface area (Å²) in [5.41, 5.74) is 4.72. The van der Waals surface area contributed by atoms with E-state index in [-0.39, 0.29) is 11.5 Å². The Bertz CT molecular complexity index is 821. The number of ether oxygens (including phenoxy) is 1. The lowest BCUT2D eigenvalue weighted by Crippen LogP contribution is -2.36. The third kappa shape index (κ3) is 8.08. The maximum absolute atomic E-state index is 10.9. The molecular formula is C27H40O4. The fourth-order valence-corrected chi connectivity index (χ4v) is 4.22. The van der Waals surface area contributed by atoms with Crippen molar-refractivity contribution in [2.75, 3.05) is 0 Å². The predicted octanol–water partition coefficient (Wildman–Crippen LogP) is 7.13. The summed E-state index contributed by atoms with van der Waals surface area (Å²) in [5.74, 6) is 0.317. The van der Waals surface area contributed by atoms with Crippen LogP contribution in [0.3, 0.4) is 0 Å². The van der Waals surface area contributed by atoms with Crippen LogP contribution in [0, 0.1) is 12.8 Å². The summed E-state index contributed by atoms with van der Waals surface area (Å²) in [7, 11) is 0. The molecule has 1 aliphatic heterocycles. The van der Waals surface area contributed by atoms with Crippen molar-refractivity contribution in [2.45, 2.75) is 98.0 Å². The number of carboxylic acids is 1. The van der Waals surface area contributed by atoms with Crippen LogP contribution in [-0.4, -0.2) is 21.8 Å². The number of aromatic hydroxyl groups is 1. The van der Waals surface area contributed by atoms with Gasteiger partial charge in [-0.25, -0.2) is 0 Å². The van der Waals surface area contributed by atoms with Crippen LogP contribution in [0.2, 0.25) is 0 Å². The molecule has 4 nitrogen and oxygen atoms in total. The van der Waals surface area contributed by atoms with E-state index in [0.29, 0.717) is 5.75 Å². The Kier molecular flexibility index (Phi) is 9.21. The summed E-state index contributed by atoms with van der Waals surface area (Å²) in [6, 6.07) is 3.60. The summed E-state index contributed by atoms with van der Waals surface area (Å²) in [6.07, 6.45) is 13.3. The van der Waals surface area contributed by atoms with Gasteiger partial charge in [-0.05, 0) is 109 Å². The number of hydrogen-bond donors (Lipinski definition) is 2. The monoisotopic (exact) mass is 428 g/mol. The summed E-state index contributed by atoms with van der Waals surface area (Å²) in [4.78, 5) is 10.9. The van der Waals surface area contributed by atoms with Gasteiger partial charge in [0.1, 0.15) is 17.1 Å². The minimum atomic E-state index is -0.700. The molecule has 0 radical (unpaired) electrons. The van der Waals surface area contributed by atoms with Crippen LogP contribution in [0.15, 0.2) is 35.4 Å². The van der Waals surface area contributed by atoms with Gasteiger partial charge in [-0.3, -0.25) is 4.79 Å². The van der Waals surface area contributed by atoms with Crippen molar-refractivity contribution in [3.8, 4) is 11.5 Å². The highest BCUT2D eigenvalue weighted by atomic mass is 16.5. The lowest BCUT2D eigenvalue weighted by molar-refractivity contribution is -0.141. The molecule has 2 atom stereocenters. The number of rotatable bonds is 11. The average Bonchev–Trinajstić information content (AvgIpc) is 2.68. The van der Waals surface area contributed by atoms with Gasteiger partial charge in [0.15, 0.2) is 0 Å². The van der Waals surface area contributed by atoms with Gasteiger partial charge in [-0.2, -0.15) is 0 Å². The number of benzene rings is 1. The van der Waals surface area contributed by atoms with E-state index in [9.17, 15) is 9.90 Å². The first kappa shape index (κ1) is 25.0. The summed E-state index contributed by atoms with van der Waals surface area (Å²) in [6.45, 7) is 10.3. The van der Waals surface area contributed by atoms with Crippen molar-refractivity contribution in [3.63, 3.8) is 0 Å². The molecule has 1 aromatic rings. The molecule has 4 heteroatoms. The Morgan fingerprint density at radius 1 is 1.19 bits per heavy atom. The molecule has 1 heterocycles. The van der Waals surface area contributed by atoms with Gasteiger partial charge in [0.2, 0.25) is 0 Å². The molecule has 31 heavy (non-hydrogen) atoms. The van der Waals surface area contributed by atoms with E-state index in [4.69, 9.17) is 9.84 Å². The number of carboxylic acid groups (broad SMARTS) is 1. The number of fused-ring (bicyclic) bond motifs is 1. The summed E-state index contributed by atoms with van der Waals surface area (Å²) in [5, 5.41) is 18.7. The second-order valence-corrected chi connectivity index (χ2v) is 9.61. The first-order chi connectivity index (χ1) is 14.6. The normalized spacial score (nSPS) is 20.2. The summed E-state index contributed by atoms with van der Waals surface area (Å²) >= 11 is 0. The van der Waals surface area contributed by atoms with Crippen LogP contribution in [0.25, 0.3) is 0 Å². The van der Waals surface area contributed by atoms with Gasteiger partial charge < -0.3 is 14.9 Å². The maximum Gasteiger partial charge on any atom is 0.306 e. The van der Waals surface area contributed by atoms with Crippen LogP contribution in [0.4, 0.5) is 0 Å². The number of hydrogen-bond acceptors (Lipinski definition) is 3. The van der Waals surface area contributed by atoms with Gasteiger partial charge in [0.05, 0.1) is 5.92 Å². The molecule has 2 N–H and O–H groups in total. The number of aryl methyl sites for hydroxylation is 2. The average molecular weight is 429 g/mol. The highest BCUT2D eigenvalue weighted by molar-refractivity contribution is 5.69. The third-order valence-corrected chi connectivity index (χ3v) is 6.44. The lowest BCUT2D eigenvalue weighted by Gasteiger charge is -2.36. The second-order valence-electron chi connectivity index (χ2n) is 9.61. The van der Waals surface area contributed by atoms with E-state index in [1.165, 1.54) is 11.1 Å². The van der Waals surface area contributed by atoms with Crippen molar-refractivity contribution in [3.05, 3.63) is 46.6 Å². The molecule has 0 saturated carbocycles. The molecule has 0 saturated heterocycles. The SMILES string of the molecule is C/C(=C\CCC1(C)CCc2cc(O)cc(C)c2O1)CC/C=C(\C)CCCC(C)C(=O)O. The molecule has 2 unspecified atom stereocenters. The Morgan fingerprint density at radius 2 is 1.87 bits per heavy atom. The molecule has 0 spiro atoms. The van der Waals surface area contributed by atoms with Crippen LogP contribution in [0.5, 0.6) is 11.5 Å². The molecule has 0 bridgehead atoms. The minimum Gasteiger partial charge on any atom is -0.508 e. The molecule has 0 aliphatic carbocycles. The van der Waals surface area contributed by atoms with Crippen molar-refractivity contribution in [1.82, 2.24) is 0 Å². The third-order valence-electron chi connectivity index (χ3n) is 6.44. The lowest BCUT2D eigenvalue weighted by atomic mass is 9.87. The van der Waals surface area contributed by atoms with Crippen LogP contribution in [-0.2, 0) is 11.2 Å². The van der Waals surface area contributed by atoms with Gasteiger partial charge >= 0.3 is 5.97 Å². The fourth-order valence-electron chi connectivity index (χ4n) is 4.22. The number of allylic oxidation sites excluding steroid dienone is 4. The van der Waals surface area contributed by atoms with Crippen LogP contribution in [0.1, 0.15) is 90.2 Å². The highest BCUT2D eigenvalue weighted by Gasteiger charge is 2.32. The standard InChI is InChI=1S/C27H40O4/c1-19(11-7-13-21(3)26(29)30)9-6-10-20(2)12-8-15-27(5)16-14-23-18-24(28)17-22(4)25(23)31-27/h9,12,17-18,21,28H,6-8,10-11,13-16H2,1-5H3,(H,29,30)/b19-9+,20-12+.